The molecule has 1 fully saturated rings. The first-order valence-electron chi connectivity index (χ1n) is 7.65. The van der Waals surface area contributed by atoms with Crippen molar-refractivity contribution in [2.45, 2.75) is 19.3 Å². The van der Waals surface area contributed by atoms with Gasteiger partial charge in [-0.1, -0.05) is 0 Å². The predicted molar refractivity (Wildman–Crippen MR) is 83.1 cm³/mol. The minimum absolute atomic E-state index is 0.000856. The van der Waals surface area contributed by atoms with Gasteiger partial charge in [-0.15, -0.1) is 5.10 Å². The van der Waals surface area contributed by atoms with Gasteiger partial charge in [0.2, 0.25) is 5.95 Å². The topological polar surface area (TPSA) is 88.3 Å². The van der Waals surface area contributed by atoms with Crippen molar-refractivity contribution < 1.29 is 13.6 Å². The molecular formula is C15H14F2N6O2. The molecule has 8 nitrogen and oxygen atoms in total. The summed E-state index contributed by atoms with van der Waals surface area (Å²) in [6.07, 6.45) is 2.57. The minimum Gasteiger partial charge on any atom is -0.332 e. The molecule has 0 bridgehead atoms. The fraction of sp³-hybridized carbons (Fsp3) is 0.333. The number of hydrogen-bond donors (Lipinski definition) is 1. The van der Waals surface area contributed by atoms with E-state index in [1.54, 1.807) is 25.3 Å². The third-order valence-electron chi connectivity index (χ3n) is 4.29. The number of nitrogens with zero attached hydrogens (tertiary/aromatic N) is 5. The molecule has 0 atom stereocenters. The maximum Gasteiger partial charge on any atom is 0.276 e. The molecule has 0 aromatic carbocycles. The molecule has 1 N–H and O–H groups in total. The highest BCUT2D eigenvalue weighted by Gasteiger charge is 2.41. The molecule has 3 aromatic heterocycles. The quantitative estimate of drug-likeness (QED) is 0.748. The zero-order valence-electron chi connectivity index (χ0n) is 13.2. The number of likely N-dealkylation sites (tertiary alicyclic amines) is 1. The lowest BCUT2D eigenvalue weighted by atomic mass is 10.2. The summed E-state index contributed by atoms with van der Waals surface area (Å²) in [6.45, 7) is 1.02. The molecule has 1 saturated heterocycles. The van der Waals surface area contributed by atoms with E-state index in [2.05, 4.69) is 15.2 Å². The summed E-state index contributed by atoms with van der Waals surface area (Å²) in [5.41, 5.74) is 0.643. The van der Waals surface area contributed by atoms with Crippen molar-refractivity contribution in [3.8, 4) is 5.95 Å². The van der Waals surface area contributed by atoms with Gasteiger partial charge in [-0.25, -0.2) is 18.0 Å². The van der Waals surface area contributed by atoms with Crippen LogP contribution >= 0.6 is 0 Å². The lowest BCUT2D eigenvalue weighted by Gasteiger charge is -2.15. The van der Waals surface area contributed by atoms with E-state index in [0.29, 0.717) is 11.2 Å². The molecule has 25 heavy (non-hydrogen) atoms. The summed E-state index contributed by atoms with van der Waals surface area (Å²) in [5, 5.41) is 8.32. The summed E-state index contributed by atoms with van der Waals surface area (Å²) < 4.78 is 29.4. The number of rotatable bonds is 2. The number of hydrogen-bond acceptors (Lipinski definition) is 4. The largest absolute Gasteiger partial charge is 0.332 e. The van der Waals surface area contributed by atoms with Crippen LogP contribution in [0.3, 0.4) is 0 Å². The van der Waals surface area contributed by atoms with E-state index in [0.717, 1.165) is 4.90 Å². The zero-order chi connectivity index (χ0) is 17.8. The lowest BCUT2D eigenvalue weighted by molar-refractivity contribution is 0.0120. The Morgan fingerprint density at radius 2 is 2.20 bits per heavy atom. The van der Waals surface area contributed by atoms with Crippen LogP contribution in [0.25, 0.3) is 11.5 Å². The van der Waals surface area contributed by atoms with Gasteiger partial charge in [-0.05, 0) is 19.1 Å². The number of fused-ring (bicyclic) bond motifs is 1. The molecule has 1 aliphatic heterocycles. The van der Waals surface area contributed by atoms with E-state index in [4.69, 9.17) is 0 Å². The molecule has 1 aliphatic rings. The van der Waals surface area contributed by atoms with E-state index in [1.807, 2.05) is 0 Å². The van der Waals surface area contributed by atoms with Crippen molar-refractivity contribution in [2.75, 3.05) is 13.1 Å². The highest BCUT2D eigenvalue weighted by Crippen LogP contribution is 2.28. The molecule has 1 amide bonds. The number of aromatic nitrogens is 5. The third-order valence-corrected chi connectivity index (χ3v) is 4.29. The Hall–Kier alpha value is -3.04. The van der Waals surface area contributed by atoms with Crippen molar-refractivity contribution >= 4 is 11.4 Å². The predicted octanol–water partition coefficient (Wildman–Crippen LogP) is 0.998. The highest BCUT2D eigenvalue weighted by atomic mass is 19.3. The first-order chi connectivity index (χ1) is 11.9. The maximum atomic E-state index is 13.3. The summed E-state index contributed by atoms with van der Waals surface area (Å²) in [4.78, 5) is 28.2. The van der Waals surface area contributed by atoms with Crippen molar-refractivity contribution in [2.24, 2.45) is 0 Å². The Morgan fingerprint density at radius 3 is 2.92 bits per heavy atom. The van der Waals surface area contributed by atoms with Gasteiger partial charge in [0.25, 0.3) is 17.4 Å². The van der Waals surface area contributed by atoms with Crippen molar-refractivity contribution in [3.63, 3.8) is 0 Å². The zero-order valence-corrected chi connectivity index (χ0v) is 13.2. The molecule has 4 rings (SSSR count). The third kappa shape index (κ3) is 2.49. The van der Waals surface area contributed by atoms with Crippen LogP contribution in [0.15, 0.2) is 29.3 Å². The number of alkyl halides is 2. The number of nitrogens with one attached hydrogen (secondary N) is 1. The van der Waals surface area contributed by atoms with Crippen LogP contribution in [0.5, 0.6) is 0 Å². The molecule has 130 valence electrons. The summed E-state index contributed by atoms with van der Waals surface area (Å²) >= 11 is 0. The minimum atomic E-state index is -2.86. The Kier molecular flexibility index (Phi) is 3.24. The Morgan fingerprint density at radius 1 is 1.40 bits per heavy atom. The number of halogens is 2. The van der Waals surface area contributed by atoms with Gasteiger partial charge in [-0.2, -0.15) is 5.10 Å². The van der Waals surface area contributed by atoms with Crippen LogP contribution in [-0.4, -0.2) is 54.2 Å². The highest BCUT2D eigenvalue weighted by molar-refractivity contribution is 5.95. The number of H-pyrrole nitrogens is 1. The smallest absolute Gasteiger partial charge is 0.276 e. The normalized spacial score (nSPS) is 16.7. The monoisotopic (exact) mass is 348 g/mol. The molecule has 0 spiro atoms. The van der Waals surface area contributed by atoms with Gasteiger partial charge < -0.3 is 4.90 Å². The van der Waals surface area contributed by atoms with Crippen molar-refractivity contribution in [3.05, 3.63) is 46.1 Å². The van der Waals surface area contributed by atoms with Gasteiger partial charge in [0.15, 0.2) is 0 Å². The second-order valence-corrected chi connectivity index (χ2v) is 6.00. The number of carbonyl (C=O) groups excluding carboxylic acids is 1. The van der Waals surface area contributed by atoms with Gasteiger partial charge >= 0.3 is 0 Å². The van der Waals surface area contributed by atoms with Crippen LogP contribution in [-0.2, 0) is 0 Å². The van der Waals surface area contributed by atoms with Gasteiger partial charge in [0.05, 0.1) is 24.0 Å². The second kappa shape index (κ2) is 5.23. The van der Waals surface area contributed by atoms with Gasteiger partial charge in [-0.3, -0.25) is 14.6 Å². The van der Waals surface area contributed by atoms with E-state index < -0.39 is 18.4 Å². The SMILES string of the molecule is Cc1c(C(=O)N2CCC(F)(F)C2)cnn1-c1nn2cccc2c(=O)[nH]1. The molecule has 0 unspecified atom stereocenters. The van der Waals surface area contributed by atoms with Crippen molar-refractivity contribution in [1.82, 2.24) is 29.3 Å². The number of amides is 1. The average Bonchev–Trinajstić information content (AvgIpc) is 3.25. The molecule has 0 radical (unpaired) electrons. The molecule has 3 aromatic rings. The van der Waals surface area contributed by atoms with Gasteiger partial charge in [0, 0.05) is 19.2 Å². The fourth-order valence-electron chi connectivity index (χ4n) is 2.94. The molecule has 0 saturated carbocycles. The molecule has 4 heterocycles. The van der Waals surface area contributed by atoms with Crippen LogP contribution in [0.1, 0.15) is 22.5 Å². The first-order valence-corrected chi connectivity index (χ1v) is 7.65. The van der Waals surface area contributed by atoms with E-state index in [9.17, 15) is 18.4 Å². The lowest BCUT2D eigenvalue weighted by Crippen LogP contribution is -2.31. The summed E-state index contributed by atoms with van der Waals surface area (Å²) in [5.74, 6) is -3.23. The van der Waals surface area contributed by atoms with Crippen LogP contribution in [0, 0.1) is 6.92 Å². The van der Waals surface area contributed by atoms with E-state index >= 15 is 0 Å². The van der Waals surface area contributed by atoms with Crippen LogP contribution in [0.2, 0.25) is 0 Å². The van der Waals surface area contributed by atoms with E-state index in [1.165, 1.54) is 15.4 Å². The standard InChI is InChI=1S/C15H14F2N6O2/c1-9-10(13(25)21-6-4-15(16,17)8-21)7-18-23(9)14-19-12(24)11-3-2-5-22(11)20-14/h2-3,5,7H,4,6,8H2,1H3,(H,19,20,24). The van der Waals surface area contributed by atoms with Crippen LogP contribution in [0.4, 0.5) is 8.78 Å². The number of aromatic amines is 1. The summed E-state index contributed by atoms with van der Waals surface area (Å²) in [7, 11) is 0. The Bertz CT molecular complexity index is 1030. The van der Waals surface area contributed by atoms with Crippen LogP contribution < -0.4 is 5.56 Å². The first kappa shape index (κ1) is 15.5. The average molecular weight is 348 g/mol. The van der Waals surface area contributed by atoms with Crippen molar-refractivity contribution in [1.29, 1.82) is 0 Å². The van der Waals surface area contributed by atoms with E-state index in [-0.39, 0.29) is 30.0 Å². The Balaban J connectivity index is 1.71. The number of carbonyl (C=O) groups is 1. The Labute approximate surface area is 139 Å². The fourth-order valence-corrected chi connectivity index (χ4v) is 2.94. The molecule has 0 aliphatic carbocycles. The van der Waals surface area contributed by atoms with Gasteiger partial charge in [0.1, 0.15) is 5.52 Å². The summed E-state index contributed by atoms with van der Waals surface area (Å²) in [6, 6.07) is 3.30. The maximum absolute atomic E-state index is 13.3. The second-order valence-electron chi connectivity index (χ2n) is 6.00. The molecule has 10 heteroatoms. The molecular weight excluding hydrogens is 334 g/mol.